The lowest BCUT2D eigenvalue weighted by Gasteiger charge is -2.37. The maximum absolute atomic E-state index is 10.5. The first kappa shape index (κ1) is 11.4. The smallest absolute Gasteiger partial charge is 0.209 e. The topological polar surface area (TPSA) is 49.6 Å². The molecule has 1 amide bonds. The van der Waals surface area contributed by atoms with Gasteiger partial charge in [-0.25, -0.2) is 0 Å². The minimum Gasteiger partial charge on any atom is -0.392 e. The molecule has 1 heterocycles. The summed E-state index contributed by atoms with van der Waals surface area (Å²) in [5, 5.41) is 0. The van der Waals surface area contributed by atoms with Crippen LogP contribution in [0.1, 0.15) is 13.3 Å². The van der Waals surface area contributed by atoms with Crippen molar-refractivity contribution in [3.05, 3.63) is 0 Å². The molecule has 0 aromatic carbocycles. The SMILES string of the molecule is CCC(C(N)=S)N1CCN(C=O)CC1. The van der Waals surface area contributed by atoms with Crippen molar-refractivity contribution in [3.63, 3.8) is 0 Å². The molecule has 0 saturated carbocycles. The van der Waals surface area contributed by atoms with Crippen molar-refractivity contribution in [2.24, 2.45) is 5.73 Å². The number of carbonyl (C=O) groups excluding carboxylic acids is 1. The highest BCUT2D eigenvalue weighted by molar-refractivity contribution is 7.80. The molecule has 1 aliphatic heterocycles. The van der Waals surface area contributed by atoms with Crippen LogP contribution in [0.3, 0.4) is 0 Å². The Bertz CT molecular complexity index is 214. The van der Waals surface area contributed by atoms with E-state index in [9.17, 15) is 4.79 Å². The third kappa shape index (κ3) is 2.65. The van der Waals surface area contributed by atoms with E-state index in [1.165, 1.54) is 0 Å². The molecule has 1 unspecified atom stereocenters. The second-order valence-electron chi connectivity index (χ2n) is 3.50. The lowest BCUT2D eigenvalue weighted by atomic mass is 10.1. The fourth-order valence-corrected chi connectivity index (χ4v) is 2.11. The second kappa shape index (κ2) is 5.26. The number of carbonyl (C=O) groups is 1. The van der Waals surface area contributed by atoms with Crippen molar-refractivity contribution in [3.8, 4) is 0 Å². The van der Waals surface area contributed by atoms with Gasteiger partial charge in [-0.1, -0.05) is 19.1 Å². The van der Waals surface area contributed by atoms with Crippen molar-refractivity contribution in [2.45, 2.75) is 19.4 Å². The maximum Gasteiger partial charge on any atom is 0.209 e. The summed E-state index contributed by atoms with van der Waals surface area (Å²) in [6, 6.07) is 0.193. The number of hydrogen-bond acceptors (Lipinski definition) is 3. The van der Waals surface area contributed by atoms with Gasteiger partial charge in [0.05, 0.1) is 11.0 Å². The van der Waals surface area contributed by atoms with Gasteiger partial charge in [0.25, 0.3) is 0 Å². The number of nitrogens with two attached hydrogens (primary N) is 1. The predicted molar refractivity (Wildman–Crippen MR) is 60.1 cm³/mol. The second-order valence-corrected chi connectivity index (χ2v) is 3.98. The Morgan fingerprint density at radius 1 is 1.50 bits per heavy atom. The molecule has 2 N–H and O–H groups in total. The van der Waals surface area contributed by atoms with E-state index in [1.807, 2.05) is 0 Å². The standard InChI is InChI=1S/C9H17N3OS/c1-2-8(9(10)14)12-5-3-11(7-13)4-6-12/h7-8H,2-6H2,1H3,(H2,10,14). The van der Waals surface area contributed by atoms with E-state index < -0.39 is 0 Å². The van der Waals surface area contributed by atoms with Crippen LogP contribution >= 0.6 is 12.2 Å². The Labute approximate surface area is 90.0 Å². The highest BCUT2D eigenvalue weighted by atomic mass is 32.1. The van der Waals surface area contributed by atoms with Crippen LogP contribution in [-0.4, -0.2) is 53.4 Å². The molecule has 1 saturated heterocycles. The zero-order valence-corrected chi connectivity index (χ0v) is 9.30. The van der Waals surface area contributed by atoms with E-state index in [2.05, 4.69) is 11.8 Å². The number of hydrogen-bond donors (Lipinski definition) is 1. The Kier molecular flexibility index (Phi) is 4.28. The molecule has 0 aromatic rings. The normalized spacial score (nSPS) is 20.5. The van der Waals surface area contributed by atoms with E-state index in [0.29, 0.717) is 4.99 Å². The number of rotatable bonds is 4. The van der Waals surface area contributed by atoms with E-state index in [-0.39, 0.29) is 6.04 Å². The highest BCUT2D eigenvalue weighted by Gasteiger charge is 2.23. The summed E-state index contributed by atoms with van der Waals surface area (Å²) in [5.74, 6) is 0. The Morgan fingerprint density at radius 2 is 2.07 bits per heavy atom. The van der Waals surface area contributed by atoms with Crippen LogP contribution in [0.4, 0.5) is 0 Å². The summed E-state index contributed by atoms with van der Waals surface area (Å²) in [5.41, 5.74) is 5.65. The lowest BCUT2D eigenvalue weighted by molar-refractivity contribution is -0.119. The predicted octanol–water partition coefficient (Wildman–Crippen LogP) is -0.175. The van der Waals surface area contributed by atoms with Crippen LogP contribution in [0.2, 0.25) is 0 Å². The highest BCUT2D eigenvalue weighted by Crippen LogP contribution is 2.08. The Balaban J connectivity index is 2.47. The summed E-state index contributed by atoms with van der Waals surface area (Å²) in [6.07, 6.45) is 1.84. The van der Waals surface area contributed by atoms with Gasteiger partial charge in [-0.15, -0.1) is 0 Å². The third-order valence-corrected chi connectivity index (χ3v) is 2.93. The van der Waals surface area contributed by atoms with Crippen LogP contribution in [0.25, 0.3) is 0 Å². The summed E-state index contributed by atoms with van der Waals surface area (Å²) < 4.78 is 0. The van der Waals surface area contributed by atoms with Gasteiger partial charge in [0.2, 0.25) is 6.41 Å². The molecule has 1 fully saturated rings. The summed E-state index contributed by atoms with van der Waals surface area (Å²) >= 11 is 5.01. The van der Waals surface area contributed by atoms with E-state index in [1.54, 1.807) is 4.90 Å². The minimum absolute atomic E-state index is 0.193. The quantitative estimate of drug-likeness (QED) is 0.522. The molecule has 5 heteroatoms. The monoisotopic (exact) mass is 215 g/mol. The van der Waals surface area contributed by atoms with E-state index >= 15 is 0 Å². The maximum atomic E-state index is 10.5. The molecule has 4 nitrogen and oxygen atoms in total. The van der Waals surface area contributed by atoms with Crippen molar-refractivity contribution in [1.82, 2.24) is 9.80 Å². The van der Waals surface area contributed by atoms with Gasteiger partial charge in [-0.2, -0.15) is 0 Å². The Morgan fingerprint density at radius 3 is 2.43 bits per heavy atom. The van der Waals surface area contributed by atoms with E-state index in [0.717, 1.165) is 39.0 Å². The fraction of sp³-hybridized carbons (Fsp3) is 0.778. The molecule has 0 radical (unpaired) electrons. The van der Waals surface area contributed by atoms with Crippen LogP contribution in [0.15, 0.2) is 0 Å². The molecule has 0 aromatic heterocycles. The zero-order chi connectivity index (χ0) is 10.6. The van der Waals surface area contributed by atoms with Crippen LogP contribution in [0.5, 0.6) is 0 Å². The molecule has 80 valence electrons. The van der Waals surface area contributed by atoms with Gasteiger partial charge < -0.3 is 10.6 Å². The van der Waals surface area contributed by atoms with Gasteiger partial charge in [0.15, 0.2) is 0 Å². The first-order valence-corrected chi connectivity index (χ1v) is 5.32. The van der Waals surface area contributed by atoms with Crippen molar-refractivity contribution >= 4 is 23.6 Å². The van der Waals surface area contributed by atoms with Gasteiger partial charge in [0, 0.05) is 26.2 Å². The van der Waals surface area contributed by atoms with Gasteiger partial charge in [-0.3, -0.25) is 9.69 Å². The van der Waals surface area contributed by atoms with Crippen LogP contribution in [-0.2, 0) is 4.79 Å². The average molecular weight is 215 g/mol. The average Bonchev–Trinajstić information content (AvgIpc) is 2.19. The minimum atomic E-state index is 0.193. The van der Waals surface area contributed by atoms with Crippen LogP contribution in [0, 0.1) is 0 Å². The number of amides is 1. The molecule has 1 atom stereocenters. The summed E-state index contributed by atoms with van der Waals surface area (Å²) in [7, 11) is 0. The zero-order valence-electron chi connectivity index (χ0n) is 8.48. The number of piperazine rings is 1. The first-order valence-electron chi connectivity index (χ1n) is 4.91. The van der Waals surface area contributed by atoms with Gasteiger partial charge in [-0.05, 0) is 6.42 Å². The summed E-state index contributed by atoms with van der Waals surface area (Å²) in [6.45, 7) is 5.38. The first-order chi connectivity index (χ1) is 6.69. The molecule has 1 aliphatic rings. The largest absolute Gasteiger partial charge is 0.392 e. The van der Waals surface area contributed by atoms with Gasteiger partial charge >= 0.3 is 0 Å². The van der Waals surface area contributed by atoms with Crippen LogP contribution < -0.4 is 5.73 Å². The van der Waals surface area contributed by atoms with E-state index in [4.69, 9.17) is 18.0 Å². The fourth-order valence-electron chi connectivity index (χ4n) is 1.79. The summed E-state index contributed by atoms with van der Waals surface area (Å²) in [4.78, 5) is 15.1. The lowest BCUT2D eigenvalue weighted by Crippen LogP contribution is -2.53. The van der Waals surface area contributed by atoms with Crippen molar-refractivity contribution in [1.29, 1.82) is 0 Å². The molecular formula is C9H17N3OS. The Hall–Kier alpha value is -0.680. The van der Waals surface area contributed by atoms with Crippen molar-refractivity contribution < 1.29 is 4.79 Å². The molecule has 1 rings (SSSR count). The number of nitrogens with zero attached hydrogens (tertiary/aromatic N) is 2. The van der Waals surface area contributed by atoms with Gasteiger partial charge in [0.1, 0.15) is 0 Å². The third-order valence-electron chi connectivity index (χ3n) is 2.65. The molecule has 0 bridgehead atoms. The molecule has 14 heavy (non-hydrogen) atoms. The molecular weight excluding hydrogens is 198 g/mol. The van der Waals surface area contributed by atoms with Crippen molar-refractivity contribution in [2.75, 3.05) is 26.2 Å². The molecule has 0 aliphatic carbocycles. The molecule has 0 spiro atoms. The number of thiocarbonyl (C=S) groups is 1.